The number of nitrogens with zero attached hydrogens (tertiary/aromatic N) is 1. The molecule has 120 valence electrons. The third-order valence-electron chi connectivity index (χ3n) is 3.38. The van der Waals surface area contributed by atoms with Crippen molar-refractivity contribution in [3.63, 3.8) is 0 Å². The van der Waals surface area contributed by atoms with Crippen LogP contribution in [0.5, 0.6) is 0 Å². The number of aliphatic carboxylic acids is 1. The Morgan fingerprint density at radius 1 is 1.27 bits per heavy atom. The smallest absolute Gasteiger partial charge is 0.315 e. The van der Waals surface area contributed by atoms with Crippen molar-refractivity contribution in [3.05, 3.63) is 46.0 Å². The Morgan fingerprint density at radius 3 is 2.32 bits per heavy atom. The summed E-state index contributed by atoms with van der Waals surface area (Å²) in [7, 11) is 0. The molecule has 7 heteroatoms. The molecule has 3 atom stereocenters. The summed E-state index contributed by atoms with van der Waals surface area (Å²) in [5.74, 6) is -5.55. The Balaban J connectivity index is 3.13. The van der Waals surface area contributed by atoms with Crippen LogP contribution in [0.4, 0.5) is 0 Å². The van der Waals surface area contributed by atoms with Gasteiger partial charge in [-0.3, -0.25) is 14.9 Å². The van der Waals surface area contributed by atoms with Crippen molar-refractivity contribution >= 4 is 11.9 Å². The Hall–Kier alpha value is -2.44. The monoisotopic (exact) mass is 308 g/mol. The molecule has 0 spiro atoms. The number of hydrogen-bond donors (Lipinski definition) is 0. The van der Waals surface area contributed by atoms with Crippen LogP contribution in [0.1, 0.15) is 31.7 Å². The lowest BCUT2D eigenvalue weighted by Crippen LogP contribution is -2.43. The number of carboxylic acid groups (broad SMARTS) is 1. The molecule has 7 nitrogen and oxygen atoms in total. The molecule has 0 aromatic heterocycles. The maximum Gasteiger partial charge on any atom is 0.315 e. The van der Waals surface area contributed by atoms with E-state index in [0.717, 1.165) is 0 Å². The third-order valence-corrected chi connectivity index (χ3v) is 3.38. The first-order valence-electron chi connectivity index (χ1n) is 6.94. The van der Waals surface area contributed by atoms with Gasteiger partial charge in [-0.2, -0.15) is 0 Å². The zero-order valence-corrected chi connectivity index (χ0v) is 12.4. The molecule has 0 bridgehead atoms. The highest BCUT2D eigenvalue weighted by Gasteiger charge is 2.36. The van der Waals surface area contributed by atoms with Crippen molar-refractivity contribution in [1.29, 1.82) is 0 Å². The molecule has 0 saturated carbocycles. The molecule has 0 aliphatic carbocycles. The van der Waals surface area contributed by atoms with Gasteiger partial charge in [0.2, 0.25) is 6.54 Å². The van der Waals surface area contributed by atoms with E-state index in [1.54, 1.807) is 44.2 Å². The van der Waals surface area contributed by atoms with Crippen LogP contribution in [0.25, 0.3) is 0 Å². The number of hydrogen-bond acceptors (Lipinski definition) is 6. The predicted molar refractivity (Wildman–Crippen MR) is 75.4 cm³/mol. The minimum Gasteiger partial charge on any atom is -0.549 e. The standard InChI is InChI=1S/C15H19NO6/c1-3-10(2)22-15(19)13(14(17)18)12(9-16(20)21)11-7-5-4-6-8-11/h4-8,10,12-13H,3,9H2,1-2H3,(H,17,18)/p-1. The van der Waals surface area contributed by atoms with Gasteiger partial charge in [0, 0.05) is 4.92 Å². The Labute approximate surface area is 128 Å². The number of carboxylic acids is 1. The van der Waals surface area contributed by atoms with E-state index in [4.69, 9.17) is 4.74 Å². The Bertz CT molecular complexity index is 530. The van der Waals surface area contributed by atoms with Crippen LogP contribution in [0.3, 0.4) is 0 Å². The minimum absolute atomic E-state index is 0.384. The van der Waals surface area contributed by atoms with Crippen LogP contribution in [0.15, 0.2) is 30.3 Å². The molecule has 1 aromatic carbocycles. The molecule has 1 rings (SSSR count). The summed E-state index contributed by atoms with van der Waals surface area (Å²) in [4.78, 5) is 33.7. The Kier molecular flexibility index (Phi) is 6.49. The van der Waals surface area contributed by atoms with Crippen LogP contribution in [-0.4, -0.2) is 29.5 Å². The summed E-state index contributed by atoms with van der Waals surface area (Å²) in [5.41, 5.74) is 0.384. The molecule has 22 heavy (non-hydrogen) atoms. The number of rotatable bonds is 8. The van der Waals surface area contributed by atoms with Crippen molar-refractivity contribution in [2.75, 3.05) is 6.54 Å². The van der Waals surface area contributed by atoms with Gasteiger partial charge in [0.1, 0.15) is 5.92 Å². The fourth-order valence-corrected chi connectivity index (χ4v) is 2.04. The van der Waals surface area contributed by atoms with E-state index in [-0.39, 0.29) is 0 Å². The number of ether oxygens (including phenoxy) is 1. The van der Waals surface area contributed by atoms with Crippen LogP contribution < -0.4 is 5.11 Å². The van der Waals surface area contributed by atoms with Gasteiger partial charge >= 0.3 is 5.97 Å². The third kappa shape index (κ3) is 4.83. The summed E-state index contributed by atoms with van der Waals surface area (Å²) >= 11 is 0. The number of nitro groups is 1. The molecule has 0 amide bonds. The van der Waals surface area contributed by atoms with Crippen LogP contribution in [0.2, 0.25) is 0 Å². The summed E-state index contributed by atoms with van der Waals surface area (Å²) in [6.45, 7) is 2.70. The molecular weight excluding hydrogens is 290 g/mol. The molecule has 0 heterocycles. The fourth-order valence-electron chi connectivity index (χ4n) is 2.04. The van der Waals surface area contributed by atoms with E-state index < -0.39 is 41.3 Å². The SMILES string of the molecule is CCC(C)OC(=O)C(C(=O)[O-])C(C[N+](=O)[O-])c1ccccc1. The van der Waals surface area contributed by atoms with Gasteiger partial charge in [-0.1, -0.05) is 37.3 Å². The van der Waals surface area contributed by atoms with E-state index in [0.29, 0.717) is 12.0 Å². The summed E-state index contributed by atoms with van der Waals surface area (Å²) < 4.78 is 5.02. The van der Waals surface area contributed by atoms with Crippen LogP contribution in [-0.2, 0) is 14.3 Å². The number of carbonyl (C=O) groups is 2. The topological polar surface area (TPSA) is 110 Å². The fraction of sp³-hybridized carbons (Fsp3) is 0.467. The van der Waals surface area contributed by atoms with E-state index >= 15 is 0 Å². The van der Waals surface area contributed by atoms with E-state index in [9.17, 15) is 24.8 Å². The van der Waals surface area contributed by atoms with Gasteiger partial charge in [0.05, 0.1) is 18.0 Å². The molecule has 0 aliphatic heterocycles. The van der Waals surface area contributed by atoms with Gasteiger partial charge in [0.25, 0.3) is 0 Å². The van der Waals surface area contributed by atoms with Gasteiger partial charge < -0.3 is 14.6 Å². The second kappa shape index (κ2) is 8.11. The average molecular weight is 308 g/mol. The van der Waals surface area contributed by atoms with Crippen molar-refractivity contribution in [2.45, 2.75) is 32.3 Å². The normalized spacial score (nSPS) is 14.6. The Morgan fingerprint density at radius 2 is 1.86 bits per heavy atom. The predicted octanol–water partition coefficient (Wildman–Crippen LogP) is 0.755. The first-order valence-corrected chi connectivity index (χ1v) is 6.94. The summed E-state index contributed by atoms with van der Waals surface area (Å²) in [6.07, 6.45) is 0.0397. The quantitative estimate of drug-likeness (QED) is 0.303. The molecule has 0 N–H and O–H groups in total. The van der Waals surface area contributed by atoms with Crippen molar-refractivity contribution in [1.82, 2.24) is 0 Å². The largest absolute Gasteiger partial charge is 0.549 e. The highest BCUT2D eigenvalue weighted by Crippen LogP contribution is 2.26. The molecule has 0 saturated heterocycles. The lowest BCUT2D eigenvalue weighted by Gasteiger charge is -2.25. The highest BCUT2D eigenvalue weighted by atomic mass is 16.6. The summed E-state index contributed by atoms with van der Waals surface area (Å²) in [5, 5.41) is 22.2. The molecule has 0 aliphatic rings. The van der Waals surface area contributed by atoms with E-state index in [1.807, 2.05) is 0 Å². The average Bonchev–Trinajstić information content (AvgIpc) is 2.46. The first-order chi connectivity index (χ1) is 10.4. The van der Waals surface area contributed by atoms with E-state index in [1.165, 1.54) is 0 Å². The van der Waals surface area contributed by atoms with Crippen LogP contribution in [0, 0.1) is 16.0 Å². The zero-order valence-electron chi connectivity index (χ0n) is 12.4. The number of carbonyl (C=O) groups excluding carboxylic acids is 2. The molecule has 3 unspecified atom stereocenters. The molecule has 1 aromatic rings. The van der Waals surface area contributed by atoms with Crippen molar-refractivity contribution in [2.24, 2.45) is 5.92 Å². The second-order valence-corrected chi connectivity index (χ2v) is 4.98. The highest BCUT2D eigenvalue weighted by molar-refractivity contribution is 5.94. The number of esters is 1. The van der Waals surface area contributed by atoms with Crippen molar-refractivity contribution in [3.8, 4) is 0 Å². The minimum atomic E-state index is -1.72. The summed E-state index contributed by atoms with van der Waals surface area (Å²) in [6, 6.07) is 8.02. The van der Waals surface area contributed by atoms with Gasteiger partial charge in [0.15, 0.2) is 0 Å². The lowest BCUT2D eigenvalue weighted by atomic mass is 9.86. The second-order valence-electron chi connectivity index (χ2n) is 4.98. The molecule has 0 radical (unpaired) electrons. The lowest BCUT2D eigenvalue weighted by molar-refractivity contribution is -0.484. The van der Waals surface area contributed by atoms with Gasteiger partial charge in [-0.15, -0.1) is 0 Å². The first kappa shape index (κ1) is 17.6. The number of benzene rings is 1. The maximum absolute atomic E-state index is 12.1. The van der Waals surface area contributed by atoms with Crippen molar-refractivity contribution < 1.29 is 24.4 Å². The maximum atomic E-state index is 12.1. The van der Waals surface area contributed by atoms with Gasteiger partial charge in [-0.25, -0.2) is 0 Å². The zero-order chi connectivity index (χ0) is 16.7. The van der Waals surface area contributed by atoms with E-state index in [2.05, 4.69) is 0 Å². The molecular formula is C15H18NO6-. The van der Waals surface area contributed by atoms with Crippen LogP contribution >= 0.6 is 0 Å². The van der Waals surface area contributed by atoms with Gasteiger partial charge in [-0.05, 0) is 18.9 Å². The molecule has 0 fully saturated rings.